The van der Waals surface area contributed by atoms with E-state index < -0.39 is 10.8 Å². The van der Waals surface area contributed by atoms with Crippen LogP contribution in [0.5, 0.6) is 0 Å². The Morgan fingerprint density at radius 1 is 1.33 bits per heavy atom. The van der Waals surface area contributed by atoms with Crippen LogP contribution in [0.2, 0.25) is 0 Å². The minimum atomic E-state index is -0.585. The number of hydrogen-bond donors (Lipinski definition) is 0. The Morgan fingerprint density at radius 3 is 2.87 bits per heavy atom. The van der Waals surface area contributed by atoms with Crippen LogP contribution in [-0.4, -0.2) is 21.8 Å². The van der Waals surface area contributed by atoms with Gasteiger partial charge >= 0.3 is 0 Å². The third-order valence-electron chi connectivity index (χ3n) is 3.01. The SMILES string of the molecule is C/C=C/OC(C)C1CCCCS(=O)CC1. The highest BCUT2D eigenvalue weighted by Crippen LogP contribution is 2.22. The third-order valence-corrected chi connectivity index (χ3v) is 4.44. The average Bonchev–Trinajstić information content (AvgIpc) is 2.21. The van der Waals surface area contributed by atoms with Crippen molar-refractivity contribution in [3.05, 3.63) is 12.3 Å². The van der Waals surface area contributed by atoms with Crippen molar-refractivity contribution in [1.82, 2.24) is 0 Å². The van der Waals surface area contributed by atoms with Crippen molar-refractivity contribution in [2.24, 2.45) is 5.92 Å². The summed E-state index contributed by atoms with van der Waals surface area (Å²) < 4.78 is 17.1. The minimum Gasteiger partial charge on any atom is -0.498 e. The largest absolute Gasteiger partial charge is 0.498 e. The fourth-order valence-electron chi connectivity index (χ4n) is 1.98. The predicted octanol–water partition coefficient (Wildman–Crippen LogP) is 2.86. The van der Waals surface area contributed by atoms with Crippen LogP contribution in [0.3, 0.4) is 0 Å². The minimum absolute atomic E-state index is 0.260. The molecule has 0 saturated carbocycles. The predicted molar refractivity (Wildman–Crippen MR) is 65.2 cm³/mol. The molecule has 1 aliphatic heterocycles. The zero-order valence-corrected chi connectivity index (χ0v) is 10.6. The summed E-state index contributed by atoms with van der Waals surface area (Å²) in [7, 11) is -0.585. The number of ether oxygens (including phenoxy) is 1. The monoisotopic (exact) mass is 230 g/mol. The first kappa shape index (κ1) is 12.8. The van der Waals surface area contributed by atoms with E-state index in [1.165, 1.54) is 12.8 Å². The maximum atomic E-state index is 11.5. The van der Waals surface area contributed by atoms with Gasteiger partial charge in [-0.25, -0.2) is 0 Å². The van der Waals surface area contributed by atoms with E-state index in [1.54, 1.807) is 6.26 Å². The van der Waals surface area contributed by atoms with Crippen LogP contribution in [0, 0.1) is 5.92 Å². The molecule has 0 amide bonds. The highest BCUT2D eigenvalue weighted by atomic mass is 32.2. The van der Waals surface area contributed by atoms with Gasteiger partial charge in [0.25, 0.3) is 0 Å². The third kappa shape index (κ3) is 4.83. The van der Waals surface area contributed by atoms with Gasteiger partial charge in [-0.2, -0.15) is 0 Å². The molecule has 1 saturated heterocycles. The van der Waals surface area contributed by atoms with Crippen LogP contribution in [0.15, 0.2) is 12.3 Å². The Morgan fingerprint density at radius 2 is 2.13 bits per heavy atom. The zero-order valence-electron chi connectivity index (χ0n) is 9.78. The summed E-state index contributed by atoms with van der Waals surface area (Å²) in [6, 6.07) is 0. The molecule has 1 fully saturated rings. The van der Waals surface area contributed by atoms with Crippen molar-refractivity contribution in [2.45, 2.75) is 45.6 Å². The second-order valence-corrected chi connectivity index (χ2v) is 5.90. The van der Waals surface area contributed by atoms with Crippen molar-refractivity contribution in [1.29, 1.82) is 0 Å². The van der Waals surface area contributed by atoms with Crippen LogP contribution in [0.25, 0.3) is 0 Å². The Labute approximate surface area is 95.5 Å². The molecule has 1 aliphatic rings. The summed E-state index contributed by atoms with van der Waals surface area (Å²) in [4.78, 5) is 0. The molecule has 1 heterocycles. The second kappa shape index (κ2) is 7.04. The van der Waals surface area contributed by atoms with Crippen LogP contribution >= 0.6 is 0 Å². The summed E-state index contributed by atoms with van der Waals surface area (Å²) in [6.07, 6.45) is 8.51. The van der Waals surface area contributed by atoms with Gasteiger partial charge in [0.05, 0.1) is 12.4 Å². The number of hydrogen-bond acceptors (Lipinski definition) is 2. The molecule has 3 unspecified atom stereocenters. The molecule has 0 aliphatic carbocycles. The molecule has 3 heteroatoms. The summed E-state index contributed by atoms with van der Waals surface area (Å²) in [5.74, 6) is 2.33. The zero-order chi connectivity index (χ0) is 11.1. The first-order valence-corrected chi connectivity index (χ1v) is 7.34. The molecule has 0 aromatic carbocycles. The van der Waals surface area contributed by atoms with E-state index in [2.05, 4.69) is 6.92 Å². The highest BCUT2D eigenvalue weighted by Gasteiger charge is 2.20. The molecule has 0 aromatic heterocycles. The van der Waals surface area contributed by atoms with Crippen molar-refractivity contribution in [3.63, 3.8) is 0 Å². The van der Waals surface area contributed by atoms with E-state index in [0.29, 0.717) is 5.92 Å². The van der Waals surface area contributed by atoms with Gasteiger partial charge in [-0.15, -0.1) is 0 Å². The van der Waals surface area contributed by atoms with Gasteiger partial charge in [-0.05, 0) is 39.0 Å². The number of rotatable bonds is 3. The average molecular weight is 230 g/mol. The second-order valence-electron chi connectivity index (χ2n) is 4.20. The molecule has 0 aromatic rings. The van der Waals surface area contributed by atoms with E-state index in [0.717, 1.165) is 24.3 Å². The van der Waals surface area contributed by atoms with Crippen LogP contribution in [0.1, 0.15) is 39.5 Å². The van der Waals surface area contributed by atoms with Crippen molar-refractivity contribution in [2.75, 3.05) is 11.5 Å². The normalized spacial score (nSPS) is 30.8. The van der Waals surface area contributed by atoms with E-state index in [-0.39, 0.29) is 6.10 Å². The quantitative estimate of drug-likeness (QED) is 0.697. The van der Waals surface area contributed by atoms with Gasteiger partial charge in [0.15, 0.2) is 0 Å². The summed E-state index contributed by atoms with van der Waals surface area (Å²) in [6.45, 7) is 4.08. The lowest BCUT2D eigenvalue weighted by Crippen LogP contribution is -2.23. The van der Waals surface area contributed by atoms with Gasteiger partial charge in [0, 0.05) is 22.3 Å². The molecule has 0 bridgehead atoms. The molecule has 0 N–H and O–H groups in total. The first-order valence-electron chi connectivity index (χ1n) is 5.85. The van der Waals surface area contributed by atoms with Crippen molar-refractivity contribution < 1.29 is 8.95 Å². The maximum Gasteiger partial charge on any atom is 0.0978 e. The van der Waals surface area contributed by atoms with Gasteiger partial charge in [-0.3, -0.25) is 4.21 Å². The summed E-state index contributed by atoms with van der Waals surface area (Å²) in [5, 5.41) is 0. The van der Waals surface area contributed by atoms with Crippen molar-refractivity contribution >= 4 is 10.8 Å². The molecular weight excluding hydrogens is 208 g/mol. The number of allylic oxidation sites excluding steroid dienone is 1. The Balaban J connectivity index is 2.40. The molecule has 88 valence electrons. The Kier molecular flexibility index (Phi) is 5.99. The molecule has 0 spiro atoms. The summed E-state index contributed by atoms with van der Waals surface area (Å²) in [5.41, 5.74) is 0. The Bertz CT molecular complexity index is 226. The van der Waals surface area contributed by atoms with Gasteiger partial charge in [-0.1, -0.05) is 12.5 Å². The molecule has 2 nitrogen and oxygen atoms in total. The van der Waals surface area contributed by atoms with Gasteiger partial charge in [0.2, 0.25) is 0 Å². The molecule has 0 radical (unpaired) electrons. The Hall–Kier alpha value is -0.310. The summed E-state index contributed by atoms with van der Waals surface area (Å²) >= 11 is 0. The lowest BCUT2D eigenvalue weighted by atomic mass is 9.94. The van der Waals surface area contributed by atoms with E-state index >= 15 is 0 Å². The molecule has 1 rings (SSSR count). The van der Waals surface area contributed by atoms with Crippen LogP contribution in [0.4, 0.5) is 0 Å². The smallest absolute Gasteiger partial charge is 0.0978 e. The van der Waals surface area contributed by atoms with Crippen molar-refractivity contribution in [3.8, 4) is 0 Å². The van der Waals surface area contributed by atoms with E-state index in [4.69, 9.17) is 4.74 Å². The van der Waals surface area contributed by atoms with E-state index in [1.807, 2.05) is 13.0 Å². The topological polar surface area (TPSA) is 26.3 Å². The molecule has 15 heavy (non-hydrogen) atoms. The first-order chi connectivity index (χ1) is 7.24. The van der Waals surface area contributed by atoms with Crippen LogP contribution < -0.4 is 0 Å². The van der Waals surface area contributed by atoms with Crippen LogP contribution in [-0.2, 0) is 15.5 Å². The molecular formula is C12H22O2S. The standard InChI is InChI=1S/C12H22O2S/c1-3-8-14-11(2)12-6-4-5-9-15(13)10-7-12/h3,8,11-12H,4-7,9-10H2,1-2H3/b8-3+. The molecule has 3 atom stereocenters. The van der Waals surface area contributed by atoms with E-state index in [9.17, 15) is 4.21 Å². The maximum absolute atomic E-state index is 11.5. The van der Waals surface area contributed by atoms with Gasteiger partial charge < -0.3 is 4.74 Å². The fourth-order valence-corrected chi connectivity index (χ4v) is 3.28. The highest BCUT2D eigenvalue weighted by molar-refractivity contribution is 7.84. The lowest BCUT2D eigenvalue weighted by molar-refractivity contribution is 0.0936. The van der Waals surface area contributed by atoms with Gasteiger partial charge in [0.1, 0.15) is 0 Å². The lowest BCUT2D eigenvalue weighted by Gasteiger charge is -2.25. The fraction of sp³-hybridized carbons (Fsp3) is 0.833.